The van der Waals surface area contributed by atoms with Crippen molar-refractivity contribution in [3.63, 3.8) is 0 Å². The number of nitrogens with one attached hydrogen (secondary N) is 1. The summed E-state index contributed by atoms with van der Waals surface area (Å²) in [6, 6.07) is 21.9. The summed E-state index contributed by atoms with van der Waals surface area (Å²) < 4.78 is 15.7. The number of morpholine rings is 1. The minimum absolute atomic E-state index is 0.272. The SMILES string of the molecule is CC.Cc1cccc(C)c1-c1cc2nc(n1)NSc1cccc(c1)C(Cc1ccc(N3CCOCC3)cn1)C(CC1CC3(CCC3)C1)CO2. The van der Waals surface area contributed by atoms with Crippen molar-refractivity contribution in [3.8, 4) is 17.1 Å². The van der Waals surface area contributed by atoms with Crippen molar-refractivity contribution in [2.75, 3.05) is 42.5 Å². The van der Waals surface area contributed by atoms with Gasteiger partial charge in [0, 0.05) is 41.2 Å². The third-order valence-corrected chi connectivity index (χ3v) is 11.9. The van der Waals surface area contributed by atoms with E-state index in [4.69, 9.17) is 24.4 Å². The molecule has 2 saturated carbocycles. The Labute approximate surface area is 296 Å². The van der Waals surface area contributed by atoms with Gasteiger partial charge >= 0.3 is 0 Å². The molecular weight excluding hydrogens is 627 g/mol. The van der Waals surface area contributed by atoms with Crippen LogP contribution in [0.2, 0.25) is 0 Å². The van der Waals surface area contributed by atoms with Crippen LogP contribution in [0.25, 0.3) is 11.3 Å². The quantitative estimate of drug-likeness (QED) is 0.203. The van der Waals surface area contributed by atoms with E-state index >= 15 is 0 Å². The zero-order valence-electron chi connectivity index (χ0n) is 29.6. The van der Waals surface area contributed by atoms with Gasteiger partial charge in [0.2, 0.25) is 11.8 Å². The van der Waals surface area contributed by atoms with E-state index < -0.39 is 0 Å². The molecular formula is C41H51N5O2S. The third kappa shape index (κ3) is 7.60. The van der Waals surface area contributed by atoms with Gasteiger partial charge in [0.05, 0.1) is 37.4 Å². The monoisotopic (exact) mass is 677 g/mol. The number of hydrogen-bond donors (Lipinski definition) is 1. The Morgan fingerprint density at radius 3 is 2.43 bits per heavy atom. The molecule has 49 heavy (non-hydrogen) atoms. The van der Waals surface area contributed by atoms with Gasteiger partial charge in [-0.3, -0.25) is 9.71 Å². The van der Waals surface area contributed by atoms with Crippen LogP contribution in [-0.2, 0) is 11.2 Å². The maximum Gasteiger partial charge on any atom is 0.237 e. The number of pyridine rings is 1. The number of aryl methyl sites for hydroxylation is 2. The molecule has 0 amide bonds. The lowest BCUT2D eigenvalue weighted by Gasteiger charge is -2.55. The summed E-state index contributed by atoms with van der Waals surface area (Å²) >= 11 is 1.56. The minimum Gasteiger partial charge on any atom is -0.477 e. The van der Waals surface area contributed by atoms with Gasteiger partial charge in [0.25, 0.3) is 0 Å². The van der Waals surface area contributed by atoms with Crippen LogP contribution in [0.15, 0.2) is 71.8 Å². The van der Waals surface area contributed by atoms with E-state index in [1.165, 1.54) is 54.5 Å². The predicted octanol–water partition coefficient (Wildman–Crippen LogP) is 9.44. The fourth-order valence-corrected chi connectivity index (χ4v) is 9.16. The van der Waals surface area contributed by atoms with Crippen LogP contribution in [0.1, 0.15) is 80.7 Å². The molecule has 2 aliphatic heterocycles. The molecule has 8 heteroatoms. The van der Waals surface area contributed by atoms with Crippen molar-refractivity contribution in [2.45, 2.75) is 83.5 Å². The predicted molar refractivity (Wildman–Crippen MR) is 201 cm³/mol. The van der Waals surface area contributed by atoms with Gasteiger partial charge in [-0.05, 0) is 123 Å². The lowest BCUT2D eigenvalue weighted by atomic mass is 9.50. The summed E-state index contributed by atoms with van der Waals surface area (Å²) in [7, 11) is 0. The molecule has 3 fully saturated rings. The van der Waals surface area contributed by atoms with E-state index in [1.807, 2.05) is 19.9 Å². The highest BCUT2D eigenvalue weighted by Gasteiger charge is 2.48. The molecule has 4 heterocycles. The molecule has 2 unspecified atom stereocenters. The first kappa shape index (κ1) is 33.9. The number of anilines is 2. The Morgan fingerprint density at radius 1 is 0.939 bits per heavy atom. The summed E-state index contributed by atoms with van der Waals surface area (Å²) in [5, 5.41) is 0. The lowest BCUT2D eigenvalue weighted by Crippen LogP contribution is -2.44. The summed E-state index contributed by atoms with van der Waals surface area (Å²) in [4.78, 5) is 18.4. The van der Waals surface area contributed by atoms with E-state index in [2.05, 4.69) is 84.3 Å². The zero-order chi connectivity index (χ0) is 33.8. The largest absolute Gasteiger partial charge is 0.477 e. The maximum atomic E-state index is 6.73. The van der Waals surface area contributed by atoms with E-state index in [9.17, 15) is 0 Å². The number of aromatic nitrogens is 3. The minimum atomic E-state index is 0.272. The normalized spacial score (nSPS) is 21.4. The zero-order valence-corrected chi connectivity index (χ0v) is 30.4. The fourth-order valence-electron chi connectivity index (χ4n) is 8.52. The smallest absolute Gasteiger partial charge is 0.237 e. The first-order chi connectivity index (χ1) is 24.0. The van der Waals surface area contributed by atoms with Gasteiger partial charge in [-0.2, -0.15) is 4.98 Å². The second-order valence-corrected chi connectivity index (χ2v) is 15.2. The van der Waals surface area contributed by atoms with Crippen molar-refractivity contribution in [2.24, 2.45) is 17.3 Å². The van der Waals surface area contributed by atoms with Crippen LogP contribution in [0.4, 0.5) is 11.6 Å². The van der Waals surface area contributed by atoms with Gasteiger partial charge in [-0.1, -0.05) is 50.6 Å². The average molecular weight is 678 g/mol. The van der Waals surface area contributed by atoms with Crippen molar-refractivity contribution in [3.05, 3.63) is 89.2 Å². The molecule has 2 aliphatic carbocycles. The Hall–Kier alpha value is -3.62. The second kappa shape index (κ2) is 15.1. The van der Waals surface area contributed by atoms with Crippen molar-refractivity contribution >= 4 is 23.6 Å². The lowest BCUT2D eigenvalue weighted by molar-refractivity contribution is -0.0381. The van der Waals surface area contributed by atoms with E-state index in [1.54, 1.807) is 11.9 Å². The van der Waals surface area contributed by atoms with Gasteiger partial charge in [0.1, 0.15) is 0 Å². The summed E-state index contributed by atoms with van der Waals surface area (Å²) in [6.45, 7) is 12.3. The summed E-state index contributed by atoms with van der Waals surface area (Å²) in [5.41, 5.74) is 8.73. The number of ether oxygens (including phenoxy) is 2. The molecule has 7 nitrogen and oxygen atoms in total. The Balaban J connectivity index is 0.00000186. The van der Waals surface area contributed by atoms with Crippen LogP contribution in [0.5, 0.6) is 5.88 Å². The maximum absolute atomic E-state index is 6.73. The van der Waals surface area contributed by atoms with E-state index in [0.717, 1.165) is 66.9 Å². The van der Waals surface area contributed by atoms with Crippen LogP contribution in [-0.4, -0.2) is 47.9 Å². The van der Waals surface area contributed by atoms with Gasteiger partial charge < -0.3 is 14.4 Å². The van der Waals surface area contributed by atoms with Crippen molar-refractivity contribution in [1.82, 2.24) is 15.0 Å². The molecule has 4 aromatic rings. The second-order valence-electron chi connectivity index (χ2n) is 14.3. The standard InChI is InChI=1S/C39H45N5O2S.C2H6/c1-26-6-3-7-27(2)37(26)35-21-36-42-38(41-35)43-47-33-9-4-8-29(19-33)34(30(25-46-36)18-28-22-39(23-28)12-5-13-39)20-31-10-11-32(24-40-31)44-14-16-45-17-15-44;1-2/h3-4,6-11,19,21,24,28,30,34H,5,12-18,20,22-23,25H2,1-2H3,(H,41,42,43);1-2H3. The third-order valence-electron chi connectivity index (χ3n) is 11.1. The van der Waals surface area contributed by atoms with E-state index in [-0.39, 0.29) is 5.92 Å². The first-order valence-corrected chi connectivity index (χ1v) is 19.2. The molecule has 0 radical (unpaired) electrons. The average Bonchev–Trinajstić information content (AvgIpc) is 3.09. The molecule has 4 aliphatic rings. The topological polar surface area (TPSA) is 72.4 Å². The first-order valence-electron chi connectivity index (χ1n) is 18.4. The van der Waals surface area contributed by atoms with Crippen LogP contribution < -0.4 is 14.4 Å². The molecule has 1 spiro atoms. The molecule has 8 rings (SSSR count). The highest BCUT2D eigenvalue weighted by Crippen LogP contribution is 2.60. The highest BCUT2D eigenvalue weighted by atomic mass is 32.2. The number of benzene rings is 2. The molecule has 1 saturated heterocycles. The van der Waals surface area contributed by atoms with Crippen molar-refractivity contribution in [1.29, 1.82) is 0 Å². The molecule has 2 atom stereocenters. The van der Waals surface area contributed by atoms with Crippen LogP contribution in [0.3, 0.4) is 0 Å². The number of nitrogens with zero attached hydrogens (tertiary/aromatic N) is 4. The van der Waals surface area contributed by atoms with Gasteiger partial charge in [-0.15, -0.1) is 0 Å². The highest BCUT2D eigenvalue weighted by molar-refractivity contribution is 8.00. The molecule has 258 valence electrons. The fraction of sp³-hybridized carbons (Fsp3) is 0.488. The van der Waals surface area contributed by atoms with Crippen LogP contribution >= 0.6 is 11.9 Å². The van der Waals surface area contributed by atoms with Gasteiger partial charge in [-0.25, -0.2) is 4.98 Å². The van der Waals surface area contributed by atoms with Crippen molar-refractivity contribution < 1.29 is 9.47 Å². The molecule has 4 bridgehead atoms. The molecule has 2 aromatic carbocycles. The molecule has 2 aromatic heterocycles. The Kier molecular flexibility index (Phi) is 10.4. The summed E-state index contributed by atoms with van der Waals surface area (Å²) in [6.07, 6.45) is 11.1. The Morgan fingerprint density at radius 2 is 1.71 bits per heavy atom. The van der Waals surface area contributed by atoms with Crippen LogP contribution in [0, 0.1) is 31.1 Å². The Bertz CT molecular complexity index is 1690. The molecule has 1 N–H and O–H groups in total. The van der Waals surface area contributed by atoms with E-state index in [0.29, 0.717) is 29.8 Å². The number of fused-ring (bicyclic) bond motifs is 4. The summed E-state index contributed by atoms with van der Waals surface area (Å²) in [5.74, 6) is 2.55. The number of rotatable bonds is 6. The number of hydrogen-bond acceptors (Lipinski definition) is 8. The van der Waals surface area contributed by atoms with Gasteiger partial charge in [0.15, 0.2) is 0 Å².